The number of benzene rings is 1. The van der Waals surface area contributed by atoms with Gasteiger partial charge in [-0.2, -0.15) is 13.2 Å². The molecule has 3 atom stereocenters. The summed E-state index contributed by atoms with van der Waals surface area (Å²) in [4.78, 5) is 0. The summed E-state index contributed by atoms with van der Waals surface area (Å²) in [6, 6.07) is 9.32. The quantitative estimate of drug-likeness (QED) is 0.855. The van der Waals surface area contributed by atoms with Crippen LogP contribution in [0, 0.1) is 0 Å². The van der Waals surface area contributed by atoms with Gasteiger partial charge in [0.2, 0.25) is 0 Å². The van der Waals surface area contributed by atoms with E-state index in [4.69, 9.17) is 11.2 Å². The van der Waals surface area contributed by atoms with Crippen LogP contribution in [0.4, 0.5) is 13.2 Å². The van der Waals surface area contributed by atoms with Gasteiger partial charge in [-0.1, -0.05) is 30.3 Å². The Balaban J connectivity index is 2.37. The lowest BCUT2D eigenvalue weighted by molar-refractivity contribution is -0.234. The highest BCUT2D eigenvalue weighted by Crippen LogP contribution is 2.23. The first-order chi connectivity index (χ1) is 8.80. The molecule has 1 aromatic carbocycles. The molecule has 0 heterocycles. The molecular weight excluding hydrogens is 245 g/mol. The highest BCUT2D eigenvalue weighted by molar-refractivity contribution is 5.14. The molecule has 0 spiro atoms. The molecule has 0 aliphatic heterocycles. The lowest BCUT2D eigenvalue weighted by Crippen LogP contribution is -2.39. The van der Waals surface area contributed by atoms with Gasteiger partial charge in [-0.15, -0.1) is 0 Å². The molecule has 102 valence electrons. The molecule has 5 heteroatoms. The number of rotatable bonds is 6. The summed E-state index contributed by atoms with van der Waals surface area (Å²) in [6.45, 7) is 0.0228. The molecule has 0 radical (unpaired) electrons. The maximum Gasteiger partial charge on any atom is 0.416 e. The van der Waals surface area contributed by atoms with E-state index >= 15 is 0 Å². The first kappa shape index (κ1) is 13.4. The Bertz CT molecular complexity index is 370. The molecule has 1 N–H and O–H groups in total. The second kappa shape index (κ2) is 6.75. The van der Waals surface area contributed by atoms with Gasteiger partial charge in [0, 0.05) is 6.58 Å². The molecule has 2 nitrogen and oxygen atoms in total. The number of hydrogen-bond acceptors (Lipinski definition) is 2. The van der Waals surface area contributed by atoms with Crippen molar-refractivity contribution in [3.05, 3.63) is 35.9 Å². The molecule has 0 saturated heterocycles. The third-order valence-corrected chi connectivity index (χ3v) is 2.48. The molecular formula is C13H17F3O2. The van der Waals surface area contributed by atoms with E-state index in [9.17, 15) is 13.2 Å². The average Bonchev–Trinajstić information content (AvgIpc) is 2.35. The number of hydrogen-bond donors (Lipinski definition) is 1. The van der Waals surface area contributed by atoms with Crippen LogP contribution in [-0.4, -0.2) is 30.1 Å². The van der Waals surface area contributed by atoms with Crippen molar-refractivity contribution in [2.45, 2.75) is 38.1 Å². The van der Waals surface area contributed by atoms with Crippen LogP contribution in [0.1, 0.15) is 20.3 Å². The Labute approximate surface area is 106 Å². The van der Waals surface area contributed by atoms with E-state index in [2.05, 4.69) is 0 Å². The molecule has 0 amide bonds. The van der Waals surface area contributed by atoms with Crippen molar-refractivity contribution in [2.75, 3.05) is 6.58 Å². The van der Waals surface area contributed by atoms with Crippen LogP contribution in [-0.2, 0) is 11.2 Å². The Morgan fingerprint density at radius 3 is 2.50 bits per heavy atom. The maximum atomic E-state index is 12.2. The lowest BCUT2D eigenvalue weighted by Gasteiger charge is -2.21. The van der Waals surface area contributed by atoms with Gasteiger partial charge in [0.05, 0.1) is 7.47 Å². The zero-order valence-electron chi connectivity index (χ0n) is 11.0. The van der Waals surface area contributed by atoms with Crippen molar-refractivity contribution < 1.29 is 24.4 Å². The zero-order chi connectivity index (χ0) is 14.5. The summed E-state index contributed by atoms with van der Waals surface area (Å²) in [5.74, 6) is 0. The van der Waals surface area contributed by atoms with Gasteiger partial charge < -0.3 is 9.84 Å². The van der Waals surface area contributed by atoms with E-state index in [1.165, 1.54) is 0 Å². The first-order valence-corrected chi connectivity index (χ1v) is 5.67. The van der Waals surface area contributed by atoms with Crippen molar-refractivity contribution >= 4 is 0 Å². The number of aryl methyl sites for hydroxylation is 1. The van der Waals surface area contributed by atoms with Gasteiger partial charge in [0.1, 0.15) is 0 Å². The molecule has 0 unspecified atom stereocenters. The minimum absolute atomic E-state index is 0.277. The molecule has 0 aliphatic carbocycles. The monoisotopic (exact) mass is 263 g/mol. The summed E-state index contributed by atoms with van der Waals surface area (Å²) >= 11 is 0. The van der Waals surface area contributed by atoms with E-state index in [-0.39, 0.29) is 6.42 Å². The predicted octanol–water partition coefficient (Wildman–Crippen LogP) is 2.95. The van der Waals surface area contributed by atoms with Crippen LogP contribution in [0.2, 0.25) is 0 Å². The number of alkyl halides is 3. The van der Waals surface area contributed by atoms with Crippen molar-refractivity contribution in [1.29, 1.82) is 0 Å². The SMILES string of the molecule is [2H][C@@H](CCc1ccccc1)O[C@@H](C)[C@H](O)C(F)(F)F. The minimum atomic E-state index is -4.72. The van der Waals surface area contributed by atoms with E-state index in [0.717, 1.165) is 12.5 Å². The van der Waals surface area contributed by atoms with E-state index < -0.39 is 25.0 Å². The molecule has 1 rings (SSSR count). The predicted molar refractivity (Wildman–Crippen MR) is 62.2 cm³/mol. The summed E-state index contributed by atoms with van der Waals surface area (Å²) in [6.07, 6.45) is -7.91. The molecule has 0 bridgehead atoms. The highest BCUT2D eigenvalue weighted by Gasteiger charge is 2.42. The Morgan fingerprint density at radius 1 is 1.33 bits per heavy atom. The molecule has 18 heavy (non-hydrogen) atoms. The van der Waals surface area contributed by atoms with Crippen LogP contribution >= 0.6 is 0 Å². The second-order valence-corrected chi connectivity index (χ2v) is 4.02. The fraction of sp³-hybridized carbons (Fsp3) is 0.538. The Kier molecular flexibility index (Phi) is 5.01. The van der Waals surface area contributed by atoms with Crippen LogP contribution in [0.3, 0.4) is 0 Å². The highest BCUT2D eigenvalue weighted by atomic mass is 19.4. The first-order valence-electron chi connectivity index (χ1n) is 6.25. The van der Waals surface area contributed by atoms with Crippen molar-refractivity contribution in [3.63, 3.8) is 0 Å². The zero-order valence-corrected chi connectivity index (χ0v) is 10.0. The van der Waals surface area contributed by atoms with E-state index in [1.54, 1.807) is 0 Å². The normalized spacial score (nSPS) is 17.9. The third-order valence-electron chi connectivity index (χ3n) is 2.48. The molecule has 0 fully saturated rings. The maximum absolute atomic E-state index is 12.2. The number of aliphatic hydroxyl groups is 1. The minimum Gasteiger partial charge on any atom is -0.381 e. The molecule has 1 aromatic rings. The van der Waals surface area contributed by atoms with Gasteiger partial charge >= 0.3 is 6.18 Å². The van der Waals surface area contributed by atoms with E-state index in [1.807, 2.05) is 30.3 Å². The van der Waals surface area contributed by atoms with E-state index in [0.29, 0.717) is 6.42 Å². The fourth-order valence-corrected chi connectivity index (χ4v) is 1.43. The van der Waals surface area contributed by atoms with Crippen LogP contribution in [0.25, 0.3) is 0 Å². The molecule has 0 aliphatic rings. The van der Waals surface area contributed by atoms with Crippen LogP contribution in [0.15, 0.2) is 30.3 Å². The largest absolute Gasteiger partial charge is 0.416 e. The van der Waals surface area contributed by atoms with Gasteiger partial charge in [-0.3, -0.25) is 0 Å². The van der Waals surface area contributed by atoms with Crippen molar-refractivity contribution in [1.82, 2.24) is 0 Å². The number of aliphatic hydroxyl groups excluding tert-OH is 1. The topological polar surface area (TPSA) is 29.5 Å². The summed E-state index contributed by atoms with van der Waals surface area (Å²) in [5.41, 5.74) is 0.993. The standard InChI is InChI=1S/C13H17F3O2/c1-10(12(17)13(14,15)16)18-9-5-8-11-6-3-2-4-7-11/h2-4,6-7,10,12,17H,5,8-9H2,1H3/t10-,12-/m0/s1/i9D/t9-,10-,12-. The fourth-order valence-electron chi connectivity index (χ4n) is 1.43. The second-order valence-electron chi connectivity index (χ2n) is 4.02. The summed E-state index contributed by atoms with van der Waals surface area (Å²) in [5, 5.41) is 8.96. The molecule has 0 aromatic heterocycles. The average molecular weight is 263 g/mol. The third kappa shape index (κ3) is 5.06. The molecule has 0 saturated carbocycles. The Morgan fingerprint density at radius 2 is 1.94 bits per heavy atom. The smallest absolute Gasteiger partial charge is 0.381 e. The van der Waals surface area contributed by atoms with Crippen molar-refractivity contribution in [3.8, 4) is 0 Å². The van der Waals surface area contributed by atoms with Gasteiger partial charge in [-0.25, -0.2) is 0 Å². The number of halogens is 3. The van der Waals surface area contributed by atoms with Gasteiger partial charge in [-0.05, 0) is 25.3 Å². The van der Waals surface area contributed by atoms with Crippen molar-refractivity contribution in [2.24, 2.45) is 0 Å². The Hall–Kier alpha value is -1.07. The summed E-state index contributed by atoms with van der Waals surface area (Å²) in [7, 11) is 0. The van der Waals surface area contributed by atoms with Crippen LogP contribution in [0.5, 0.6) is 0 Å². The van der Waals surface area contributed by atoms with Gasteiger partial charge in [0.15, 0.2) is 6.10 Å². The summed E-state index contributed by atoms with van der Waals surface area (Å²) < 4.78 is 49.0. The number of ether oxygens (including phenoxy) is 1. The van der Waals surface area contributed by atoms with Gasteiger partial charge in [0.25, 0.3) is 0 Å². The van der Waals surface area contributed by atoms with Crippen LogP contribution < -0.4 is 0 Å². The lowest BCUT2D eigenvalue weighted by atomic mass is 10.1.